The van der Waals surface area contributed by atoms with E-state index in [2.05, 4.69) is 11.0 Å². The summed E-state index contributed by atoms with van der Waals surface area (Å²) in [4.78, 5) is 26.5. The molecule has 0 saturated carbocycles. The highest BCUT2D eigenvalue weighted by Crippen LogP contribution is 2.34. The number of nitrogens with zero attached hydrogens (tertiary/aromatic N) is 2. The lowest BCUT2D eigenvalue weighted by Crippen LogP contribution is -2.47. The van der Waals surface area contributed by atoms with Crippen LogP contribution in [-0.4, -0.2) is 41.7 Å². The highest BCUT2D eigenvalue weighted by Gasteiger charge is 2.34. The molecule has 5 heteroatoms. The van der Waals surface area contributed by atoms with Gasteiger partial charge in [-0.15, -0.1) is 0 Å². The van der Waals surface area contributed by atoms with Gasteiger partial charge >= 0.3 is 5.97 Å². The fourth-order valence-electron chi connectivity index (χ4n) is 4.29. The van der Waals surface area contributed by atoms with Crippen LogP contribution in [0.2, 0.25) is 0 Å². The molecule has 3 heterocycles. The van der Waals surface area contributed by atoms with E-state index < -0.39 is 0 Å². The molecule has 5 nitrogen and oxygen atoms in total. The monoisotopic (exact) mass is 352 g/mol. The number of esters is 1. The van der Waals surface area contributed by atoms with Crippen molar-refractivity contribution in [1.29, 1.82) is 0 Å². The largest absolute Gasteiger partial charge is 0.462 e. The van der Waals surface area contributed by atoms with Gasteiger partial charge in [-0.2, -0.15) is 0 Å². The minimum absolute atomic E-state index is 0.124. The summed E-state index contributed by atoms with van der Waals surface area (Å²) in [5.41, 5.74) is 1.90. The van der Waals surface area contributed by atoms with Crippen molar-refractivity contribution in [3.8, 4) is 0 Å². The number of piperidine rings is 1. The van der Waals surface area contributed by atoms with Crippen LogP contribution in [0.4, 0.5) is 0 Å². The van der Waals surface area contributed by atoms with Crippen molar-refractivity contribution in [3.63, 3.8) is 0 Å². The number of pyridine rings is 1. The molecule has 26 heavy (non-hydrogen) atoms. The first-order valence-electron chi connectivity index (χ1n) is 9.35. The number of hydrogen-bond acceptors (Lipinski definition) is 4. The number of benzene rings is 1. The van der Waals surface area contributed by atoms with Crippen LogP contribution in [0.3, 0.4) is 0 Å². The molecule has 2 aliphatic rings. The van der Waals surface area contributed by atoms with E-state index in [0.717, 1.165) is 32.6 Å². The Balaban J connectivity index is 1.28. The molecule has 0 unspecified atom stereocenters. The second-order valence-corrected chi connectivity index (χ2v) is 7.31. The maximum Gasteiger partial charge on any atom is 0.338 e. The minimum Gasteiger partial charge on any atom is -0.462 e. The second kappa shape index (κ2) is 7.46. The lowest BCUT2D eigenvalue weighted by molar-refractivity contribution is 0.0470. The average Bonchev–Trinajstić information content (AvgIpc) is 2.67. The Hall–Kier alpha value is -2.40. The predicted molar refractivity (Wildman–Crippen MR) is 99.3 cm³/mol. The number of ether oxygens (including phenoxy) is 1. The Morgan fingerprint density at radius 2 is 1.88 bits per heavy atom. The predicted octanol–water partition coefficient (Wildman–Crippen LogP) is 2.51. The standard InChI is InChI=1S/C21H24N2O3/c24-20-9-4-8-19-18-12-16(14-23(19)20)13-22(15-18)10-5-11-26-21(25)17-6-2-1-3-7-17/h1-4,6-9,16,18H,5,10-15H2/t16-,18+/m0/s1. The van der Waals surface area contributed by atoms with E-state index in [0.29, 0.717) is 24.0 Å². The Labute approximate surface area is 153 Å². The van der Waals surface area contributed by atoms with Crippen LogP contribution in [0.15, 0.2) is 53.3 Å². The molecule has 0 spiro atoms. The molecule has 2 aromatic rings. The normalized spacial score (nSPS) is 21.8. The molecule has 1 saturated heterocycles. The molecule has 2 atom stereocenters. The first kappa shape index (κ1) is 17.0. The quantitative estimate of drug-likeness (QED) is 0.613. The fraction of sp³-hybridized carbons (Fsp3) is 0.429. The molecule has 1 aromatic heterocycles. The molecule has 136 valence electrons. The lowest BCUT2D eigenvalue weighted by Gasteiger charge is -2.42. The first-order chi connectivity index (χ1) is 12.7. The van der Waals surface area contributed by atoms with Gasteiger partial charge in [0.2, 0.25) is 0 Å². The maximum absolute atomic E-state index is 12.1. The Morgan fingerprint density at radius 1 is 1.04 bits per heavy atom. The molecule has 2 bridgehead atoms. The van der Waals surface area contributed by atoms with Gasteiger partial charge in [-0.25, -0.2) is 4.79 Å². The van der Waals surface area contributed by atoms with Crippen molar-refractivity contribution in [2.24, 2.45) is 5.92 Å². The molecule has 1 aromatic carbocycles. The highest BCUT2D eigenvalue weighted by molar-refractivity contribution is 5.89. The number of aromatic nitrogens is 1. The summed E-state index contributed by atoms with van der Waals surface area (Å²) in [5.74, 6) is 0.714. The van der Waals surface area contributed by atoms with E-state index in [1.807, 2.05) is 28.8 Å². The number of fused-ring (bicyclic) bond motifs is 4. The van der Waals surface area contributed by atoms with Crippen LogP contribution in [-0.2, 0) is 11.3 Å². The van der Waals surface area contributed by atoms with Gasteiger partial charge in [0.05, 0.1) is 12.2 Å². The van der Waals surface area contributed by atoms with E-state index in [1.54, 1.807) is 18.2 Å². The average molecular weight is 352 g/mol. The topological polar surface area (TPSA) is 51.5 Å². The molecule has 4 rings (SSSR count). The summed E-state index contributed by atoms with van der Waals surface area (Å²) >= 11 is 0. The van der Waals surface area contributed by atoms with E-state index in [9.17, 15) is 9.59 Å². The van der Waals surface area contributed by atoms with Gasteiger partial charge in [0.15, 0.2) is 0 Å². The van der Waals surface area contributed by atoms with Crippen LogP contribution in [0.25, 0.3) is 0 Å². The fourth-order valence-corrected chi connectivity index (χ4v) is 4.29. The Bertz CT molecular complexity index is 831. The van der Waals surface area contributed by atoms with Gasteiger partial charge in [-0.1, -0.05) is 24.3 Å². The molecule has 0 N–H and O–H groups in total. The summed E-state index contributed by atoms with van der Waals surface area (Å²) in [7, 11) is 0. The van der Waals surface area contributed by atoms with Crippen molar-refractivity contribution < 1.29 is 9.53 Å². The second-order valence-electron chi connectivity index (χ2n) is 7.31. The number of hydrogen-bond donors (Lipinski definition) is 0. The molecular weight excluding hydrogens is 328 g/mol. The van der Waals surface area contributed by atoms with Gasteiger partial charge in [0, 0.05) is 43.9 Å². The van der Waals surface area contributed by atoms with E-state index >= 15 is 0 Å². The van der Waals surface area contributed by atoms with E-state index in [-0.39, 0.29) is 11.5 Å². The molecular formula is C21H24N2O3. The van der Waals surface area contributed by atoms with Gasteiger partial charge < -0.3 is 14.2 Å². The summed E-state index contributed by atoms with van der Waals surface area (Å²) in [5, 5.41) is 0. The van der Waals surface area contributed by atoms with Crippen molar-refractivity contribution in [1.82, 2.24) is 9.47 Å². The van der Waals surface area contributed by atoms with Crippen LogP contribution in [0.1, 0.15) is 34.8 Å². The van der Waals surface area contributed by atoms with Crippen molar-refractivity contribution in [2.75, 3.05) is 26.2 Å². The number of likely N-dealkylation sites (tertiary alicyclic amines) is 1. The van der Waals surface area contributed by atoms with Gasteiger partial charge in [0.25, 0.3) is 5.56 Å². The molecule has 2 aliphatic heterocycles. The van der Waals surface area contributed by atoms with Crippen LogP contribution in [0, 0.1) is 5.92 Å². The van der Waals surface area contributed by atoms with Gasteiger partial charge in [-0.05, 0) is 37.0 Å². The Kier molecular flexibility index (Phi) is 4.89. The lowest BCUT2D eigenvalue weighted by atomic mass is 9.83. The van der Waals surface area contributed by atoms with Crippen LogP contribution >= 0.6 is 0 Å². The third-order valence-electron chi connectivity index (χ3n) is 5.42. The number of carbonyl (C=O) groups excluding carboxylic acids is 1. The zero-order chi connectivity index (χ0) is 17.9. The summed E-state index contributed by atoms with van der Waals surface area (Å²) < 4.78 is 7.33. The molecule has 0 radical (unpaired) electrons. The number of rotatable bonds is 5. The molecule has 0 amide bonds. The van der Waals surface area contributed by atoms with Crippen molar-refractivity contribution >= 4 is 5.97 Å². The summed E-state index contributed by atoms with van der Waals surface area (Å²) in [6, 6.07) is 14.7. The number of carbonyl (C=O) groups is 1. The maximum atomic E-state index is 12.1. The molecule has 1 fully saturated rings. The van der Waals surface area contributed by atoms with Crippen LogP contribution in [0.5, 0.6) is 0 Å². The zero-order valence-electron chi connectivity index (χ0n) is 14.8. The first-order valence-corrected chi connectivity index (χ1v) is 9.35. The molecule has 0 aliphatic carbocycles. The smallest absolute Gasteiger partial charge is 0.338 e. The summed E-state index contributed by atoms with van der Waals surface area (Å²) in [6.07, 6.45) is 2.00. The SMILES string of the molecule is O=C(OCCCN1C[C@@H]2C[C@H](C1)c1cccc(=O)n1C2)c1ccccc1. The zero-order valence-corrected chi connectivity index (χ0v) is 14.8. The van der Waals surface area contributed by atoms with Crippen molar-refractivity contribution in [3.05, 3.63) is 70.1 Å². The minimum atomic E-state index is -0.255. The van der Waals surface area contributed by atoms with Crippen molar-refractivity contribution in [2.45, 2.75) is 25.3 Å². The third kappa shape index (κ3) is 3.58. The van der Waals surface area contributed by atoms with Crippen LogP contribution < -0.4 is 5.56 Å². The van der Waals surface area contributed by atoms with Gasteiger partial charge in [0.1, 0.15) is 0 Å². The van der Waals surface area contributed by atoms with Gasteiger partial charge in [-0.3, -0.25) is 4.79 Å². The highest BCUT2D eigenvalue weighted by atomic mass is 16.5. The van der Waals surface area contributed by atoms with E-state index in [4.69, 9.17) is 4.74 Å². The van der Waals surface area contributed by atoms with E-state index in [1.165, 1.54) is 12.1 Å². The Morgan fingerprint density at radius 3 is 2.73 bits per heavy atom. The summed E-state index contributed by atoms with van der Waals surface area (Å²) in [6.45, 7) is 4.18. The third-order valence-corrected chi connectivity index (χ3v) is 5.42.